The third kappa shape index (κ3) is 4.12. The number of aromatic nitrogens is 2. The van der Waals surface area contributed by atoms with Gasteiger partial charge in [0.15, 0.2) is 0 Å². The molecular formula is C25H20N4O3S. The predicted octanol–water partition coefficient (Wildman–Crippen LogP) is 5.30. The summed E-state index contributed by atoms with van der Waals surface area (Å²) in [5.74, 6) is 1.48. The van der Waals surface area contributed by atoms with Gasteiger partial charge in [0.05, 0.1) is 22.2 Å². The molecule has 164 valence electrons. The first-order valence-electron chi connectivity index (χ1n) is 10.5. The highest BCUT2D eigenvalue weighted by molar-refractivity contribution is 7.98. The molecule has 0 bridgehead atoms. The average Bonchev–Trinajstić information content (AvgIpc) is 3.43. The number of hydrogen-bond acceptors (Lipinski definition) is 5. The van der Waals surface area contributed by atoms with E-state index in [-0.39, 0.29) is 11.6 Å². The molecule has 1 aliphatic heterocycles. The highest BCUT2D eigenvalue weighted by Crippen LogP contribution is 2.37. The third-order valence-corrected chi connectivity index (χ3v) is 6.60. The lowest BCUT2D eigenvalue weighted by Crippen LogP contribution is -2.24. The van der Waals surface area contributed by atoms with Crippen LogP contribution in [-0.2, 0) is 16.3 Å². The lowest BCUT2D eigenvalue weighted by Gasteiger charge is -2.19. The van der Waals surface area contributed by atoms with Crippen LogP contribution < -0.4 is 5.32 Å². The van der Waals surface area contributed by atoms with Crippen LogP contribution in [0.4, 0.5) is 11.5 Å². The van der Waals surface area contributed by atoms with E-state index in [9.17, 15) is 14.9 Å². The van der Waals surface area contributed by atoms with E-state index in [1.807, 2.05) is 60.7 Å². The Hall–Kier alpha value is -3.91. The van der Waals surface area contributed by atoms with E-state index < -0.39 is 10.8 Å². The molecule has 0 radical (unpaired) electrons. The smallest absolute Gasteiger partial charge is 0.269 e. The van der Waals surface area contributed by atoms with Gasteiger partial charge >= 0.3 is 0 Å². The fraction of sp³-hybridized carbons (Fsp3) is 0.120. The van der Waals surface area contributed by atoms with Crippen LogP contribution in [0.15, 0.2) is 84.9 Å². The van der Waals surface area contributed by atoms with Crippen LogP contribution in [0.5, 0.6) is 0 Å². The summed E-state index contributed by atoms with van der Waals surface area (Å²) in [5, 5.41) is 18.9. The van der Waals surface area contributed by atoms with Gasteiger partial charge in [-0.2, -0.15) is 16.9 Å². The summed E-state index contributed by atoms with van der Waals surface area (Å²) in [5.41, 5.74) is 4.37. The number of hydrogen-bond donors (Lipinski definition) is 1. The quantitative estimate of drug-likeness (QED) is 0.314. The zero-order valence-electron chi connectivity index (χ0n) is 17.5. The highest BCUT2D eigenvalue weighted by atomic mass is 32.2. The number of rotatable bonds is 6. The molecule has 1 amide bonds. The number of non-ortho nitro benzene ring substituents is 1. The topological polar surface area (TPSA) is 90.1 Å². The van der Waals surface area contributed by atoms with Gasteiger partial charge in [0.2, 0.25) is 5.91 Å². The standard InChI is InChI=1S/C25H20N4O3S/c30-25(23(17-7-3-1-4-8-17)18-9-5-2-6-10-18)26-24-21-15-33-16-22(21)27-28(24)19-11-13-20(14-12-19)29(31)32/h1-14,23H,15-16H2,(H,26,30). The highest BCUT2D eigenvalue weighted by Gasteiger charge is 2.29. The summed E-state index contributed by atoms with van der Waals surface area (Å²) in [6, 6.07) is 25.5. The molecule has 4 aromatic rings. The zero-order chi connectivity index (χ0) is 22.8. The van der Waals surface area contributed by atoms with Crippen molar-refractivity contribution in [3.8, 4) is 5.69 Å². The van der Waals surface area contributed by atoms with Crippen LogP contribution in [0.25, 0.3) is 5.69 Å². The summed E-state index contributed by atoms with van der Waals surface area (Å²) >= 11 is 1.75. The molecule has 0 saturated carbocycles. The van der Waals surface area contributed by atoms with Crippen LogP contribution >= 0.6 is 11.8 Å². The Labute approximate surface area is 194 Å². The van der Waals surface area contributed by atoms with Crippen LogP contribution in [0, 0.1) is 10.1 Å². The Kier molecular flexibility index (Phi) is 5.66. The first kappa shape index (κ1) is 21.0. The molecule has 33 heavy (non-hydrogen) atoms. The van der Waals surface area contributed by atoms with Crippen LogP contribution in [-0.4, -0.2) is 20.6 Å². The average molecular weight is 457 g/mol. The lowest BCUT2D eigenvalue weighted by atomic mass is 9.90. The Morgan fingerprint density at radius 3 is 2.12 bits per heavy atom. The zero-order valence-corrected chi connectivity index (χ0v) is 18.4. The normalized spacial score (nSPS) is 12.5. The van der Waals surface area contributed by atoms with E-state index in [1.165, 1.54) is 12.1 Å². The molecule has 7 nitrogen and oxygen atoms in total. The monoisotopic (exact) mass is 456 g/mol. The van der Waals surface area contributed by atoms with Crippen LogP contribution in [0.2, 0.25) is 0 Å². The maximum absolute atomic E-state index is 13.7. The molecule has 1 aromatic heterocycles. The number of nitro benzene ring substituents is 1. The predicted molar refractivity (Wildman–Crippen MR) is 129 cm³/mol. The fourth-order valence-electron chi connectivity index (χ4n) is 4.02. The number of amides is 1. The minimum absolute atomic E-state index is 0.00723. The fourth-order valence-corrected chi connectivity index (χ4v) is 5.05. The maximum Gasteiger partial charge on any atom is 0.269 e. The van der Waals surface area contributed by atoms with Crippen molar-refractivity contribution < 1.29 is 9.72 Å². The number of carbonyl (C=O) groups is 1. The van der Waals surface area contributed by atoms with E-state index in [2.05, 4.69) is 5.32 Å². The van der Waals surface area contributed by atoms with E-state index in [1.54, 1.807) is 28.6 Å². The van der Waals surface area contributed by atoms with Gasteiger partial charge in [0.1, 0.15) is 5.82 Å². The van der Waals surface area contributed by atoms with Gasteiger partial charge in [0.25, 0.3) is 5.69 Å². The molecule has 0 aliphatic carbocycles. The second-order valence-electron chi connectivity index (χ2n) is 7.70. The minimum atomic E-state index is -0.489. The molecule has 1 aliphatic rings. The van der Waals surface area contributed by atoms with Gasteiger partial charge in [-0.25, -0.2) is 4.68 Å². The summed E-state index contributed by atoms with van der Waals surface area (Å²) in [4.78, 5) is 24.3. The van der Waals surface area contributed by atoms with Crippen molar-refractivity contribution in [1.82, 2.24) is 9.78 Å². The van der Waals surface area contributed by atoms with Gasteiger partial charge in [-0.05, 0) is 23.3 Å². The van der Waals surface area contributed by atoms with E-state index in [0.29, 0.717) is 11.5 Å². The second-order valence-corrected chi connectivity index (χ2v) is 8.68. The van der Waals surface area contributed by atoms with Crippen LogP contribution in [0.1, 0.15) is 28.3 Å². The number of nitrogens with zero attached hydrogens (tertiary/aromatic N) is 3. The number of anilines is 1. The number of carbonyl (C=O) groups excluding carboxylic acids is 1. The van der Waals surface area contributed by atoms with E-state index in [0.717, 1.165) is 33.9 Å². The largest absolute Gasteiger partial charge is 0.309 e. The van der Waals surface area contributed by atoms with Crippen molar-refractivity contribution in [2.45, 2.75) is 17.4 Å². The summed E-state index contributed by atoms with van der Waals surface area (Å²) in [6.07, 6.45) is 0. The lowest BCUT2D eigenvalue weighted by molar-refractivity contribution is -0.384. The number of nitro groups is 1. The summed E-state index contributed by atoms with van der Waals surface area (Å²) in [7, 11) is 0. The molecule has 8 heteroatoms. The van der Waals surface area contributed by atoms with Crippen LogP contribution in [0.3, 0.4) is 0 Å². The number of benzene rings is 3. The Morgan fingerprint density at radius 1 is 0.939 bits per heavy atom. The summed E-state index contributed by atoms with van der Waals surface area (Å²) in [6.45, 7) is 0. The van der Waals surface area contributed by atoms with Crippen molar-refractivity contribution >= 4 is 29.2 Å². The number of fused-ring (bicyclic) bond motifs is 1. The Balaban J connectivity index is 1.54. The molecule has 0 spiro atoms. The van der Waals surface area contributed by atoms with E-state index in [4.69, 9.17) is 5.10 Å². The molecule has 0 atom stereocenters. The van der Waals surface area contributed by atoms with Crippen molar-refractivity contribution in [2.75, 3.05) is 5.32 Å². The molecule has 0 fully saturated rings. The SMILES string of the molecule is O=C(Nc1c2c(nn1-c1ccc([N+](=O)[O-])cc1)CSC2)C(c1ccccc1)c1ccccc1. The first-order chi connectivity index (χ1) is 16.1. The molecule has 3 aromatic carbocycles. The third-order valence-electron chi connectivity index (χ3n) is 5.63. The molecule has 1 N–H and O–H groups in total. The van der Waals surface area contributed by atoms with Gasteiger partial charge in [0, 0.05) is 29.2 Å². The van der Waals surface area contributed by atoms with Crippen molar-refractivity contribution in [2.24, 2.45) is 0 Å². The van der Waals surface area contributed by atoms with Gasteiger partial charge in [-0.3, -0.25) is 14.9 Å². The van der Waals surface area contributed by atoms with Gasteiger partial charge in [-0.1, -0.05) is 60.7 Å². The molecule has 0 unspecified atom stereocenters. The van der Waals surface area contributed by atoms with Gasteiger partial charge in [-0.15, -0.1) is 0 Å². The molecular weight excluding hydrogens is 436 g/mol. The second kappa shape index (κ2) is 8.91. The maximum atomic E-state index is 13.7. The molecule has 2 heterocycles. The van der Waals surface area contributed by atoms with E-state index >= 15 is 0 Å². The first-order valence-corrected chi connectivity index (χ1v) is 11.6. The summed E-state index contributed by atoms with van der Waals surface area (Å²) < 4.78 is 1.68. The minimum Gasteiger partial charge on any atom is -0.309 e. The number of nitrogens with one attached hydrogen (secondary N) is 1. The van der Waals surface area contributed by atoms with Gasteiger partial charge < -0.3 is 5.32 Å². The molecule has 5 rings (SSSR count). The van der Waals surface area contributed by atoms with Crippen molar-refractivity contribution in [3.63, 3.8) is 0 Å². The molecule has 0 saturated heterocycles. The van der Waals surface area contributed by atoms with Crippen molar-refractivity contribution in [1.29, 1.82) is 0 Å². The Morgan fingerprint density at radius 2 is 1.55 bits per heavy atom. The number of thioether (sulfide) groups is 1. The van der Waals surface area contributed by atoms with Crippen molar-refractivity contribution in [3.05, 3.63) is 117 Å². The Bertz CT molecular complexity index is 1270.